The maximum Gasteiger partial charge on any atom is 0.511 e. The molecule has 3 rings (SSSR count). The van der Waals surface area contributed by atoms with Gasteiger partial charge in [0.2, 0.25) is 0 Å². The lowest BCUT2D eigenvalue weighted by molar-refractivity contribution is -0.0457. The van der Waals surface area contributed by atoms with E-state index in [9.17, 15) is 21.6 Å². The highest BCUT2D eigenvalue weighted by molar-refractivity contribution is 7.90. The zero-order valence-electron chi connectivity index (χ0n) is 13.8. The van der Waals surface area contributed by atoms with Gasteiger partial charge in [-0.05, 0) is 30.5 Å². The first-order valence-corrected chi connectivity index (χ1v) is 9.70. The molecule has 2 aromatic rings. The molecule has 140 valence electrons. The lowest BCUT2D eigenvalue weighted by Crippen LogP contribution is -2.59. The number of rotatable bonds is 5. The molecule has 0 spiro atoms. The Labute approximate surface area is 150 Å². The molecule has 1 fully saturated rings. The summed E-state index contributed by atoms with van der Waals surface area (Å²) in [6, 6.07) is 16.3. The van der Waals surface area contributed by atoms with Gasteiger partial charge in [0, 0.05) is 6.04 Å². The molecule has 1 saturated heterocycles. The Morgan fingerprint density at radius 1 is 0.923 bits per heavy atom. The fraction of sp³-hybridized carbons (Fsp3) is 0.333. The molecular formula is C18H19F3N2O2S. The van der Waals surface area contributed by atoms with Crippen LogP contribution >= 0.6 is 0 Å². The van der Waals surface area contributed by atoms with Crippen LogP contribution in [0.4, 0.5) is 13.2 Å². The summed E-state index contributed by atoms with van der Waals surface area (Å²) in [6.45, 7) is 0.611. The monoisotopic (exact) mass is 384 g/mol. The number of nitrogens with one attached hydrogen (secondary N) is 2. The van der Waals surface area contributed by atoms with Gasteiger partial charge in [-0.25, -0.2) is 8.42 Å². The van der Waals surface area contributed by atoms with E-state index in [-0.39, 0.29) is 0 Å². The van der Waals surface area contributed by atoms with E-state index in [1.165, 1.54) is 0 Å². The van der Waals surface area contributed by atoms with Crippen molar-refractivity contribution in [3.63, 3.8) is 0 Å². The third kappa shape index (κ3) is 3.36. The van der Waals surface area contributed by atoms with Crippen LogP contribution in [0.5, 0.6) is 0 Å². The summed E-state index contributed by atoms with van der Waals surface area (Å²) in [4.78, 5) is 0. The van der Waals surface area contributed by atoms with Crippen molar-refractivity contribution in [1.82, 2.24) is 10.0 Å². The molecule has 0 radical (unpaired) electrons. The van der Waals surface area contributed by atoms with E-state index in [2.05, 4.69) is 5.32 Å². The van der Waals surface area contributed by atoms with Crippen molar-refractivity contribution in [1.29, 1.82) is 0 Å². The van der Waals surface area contributed by atoms with Crippen LogP contribution in [0.25, 0.3) is 0 Å². The van der Waals surface area contributed by atoms with E-state index in [4.69, 9.17) is 0 Å². The smallest absolute Gasteiger partial charge is 0.311 e. The minimum Gasteiger partial charge on any atom is -0.311 e. The Morgan fingerprint density at radius 2 is 1.42 bits per heavy atom. The van der Waals surface area contributed by atoms with Gasteiger partial charge in [0.25, 0.3) is 0 Å². The van der Waals surface area contributed by atoms with Crippen LogP contribution in [0.3, 0.4) is 0 Å². The summed E-state index contributed by atoms with van der Waals surface area (Å²) >= 11 is 0. The van der Waals surface area contributed by atoms with E-state index in [0.717, 1.165) is 6.42 Å². The first-order chi connectivity index (χ1) is 12.3. The fourth-order valence-electron chi connectivity index (χ4n) is 3.48. The fourth-order valence-corrected chi connectivity index (χ4v) is 4.40. The van der Waals surface area contributed by atoms with Crippen molar-refractivity contribution < 1.29 is 21.6 Å². The van der Waals surface area contributed by atoms with Gasteiger partial charge in [0.1, 0.15) is 0 Å². The number of halogens is 3. The molecule has 0 unspecified atom stereocenters. The third-order valence-electron chi connectivity index (χ3n) is 4.64. The molecule has 2 N–H and O–H groups in total. The van der Waals surface area contributed by atoms with E-state index in [1.54, 1.807) is 60.7 Å². The summed E-state index contributed by atoms with van der Waals surface area (Å²) in [6.07, 6.45) is 1.30. The molecule has 1 aliphatic heterocycles. The lowest BCUT2D eigenvalue weighted by atomic mass is 9.77. The van der Waals surface area contributed by atoms with E-state index >= 15 is 0 Å². The first kappa shape index (κ1) is 18.9. The van der Waals surface area contributed by atoms with Crippen LogP contribution in [0, 0.1) is 0 Å². The summed E-state index contributed by atoms with van der Waals surface area (Å²) in [5, 5.41) is 3.17. The summed E-state index contributed by atoms with van der Waals surface area (Å²) < 4.78 is 65.9. The standard InChI is InChI=1S/C18H19F3N2O2S/c19-18(20,21)26(24,25)23-17(16-12-7-13-22-16,14-8-3-1-4-9-14)15-10-5-2-6-11-15/h1-6,8-11,16,22-23H,7,12-13H2/t16-/m0/s1. The number of sulfonamides is 1. The largest absolute Gasteiger partial charge is 0.511 e. The average Bonchev–Trinajstić information content (AvgIpc) is 3.15. The van der Waals surface area contributed by atoms with Crippen molar-refractivity contribution >= 4 is 10.0 Å². The van der Waals surface area contributed by atoms with Crippen molar-refractivity contribution in [3.05, 3.63) is 71.8 Å². The summed E-state index contributed by atoms with van der Waals surface area (Å²) in [7, 11) is -5.58. The predicted molar refractivity (Wildman–Crippen MR) is 92.8 cm³/mol. The maximum absolute atomic E-state index is 13.2. The van der Waals surface area contributed by atoms with E-state index < -0.39 is 27.1 Å². The molecule has 0 saturated carbocycles. The Balaban J connectivity index is 2.25. The molecule has 1 atom stereocenters. The predicted octanol–water partition coefficient (Wildman–Crippen LogP) is 3.12. The van der Waals surface area contributed by atoms with Gasteiger partial charge in [-0.2, -0.15) is 17.9 Å². The lowest BCUT2D eigenvalue weighted by Gasteiger charge is -2.41. The van der Waals surface area contributed by atoms with Gasteiger partial charge in [-0.1, -0.05) is 60.7 Å². The molecular weight excluding hydrogens is 365 g/mol. The highest BCUT2D eigenvalue weighted by Crippen LogP contribution is 2.39. The number of hydrogen-bond donors (Lipinski definition) is 2. The molecule has 2 aromatic carbocycles. The summed E-state index contributed by atoms with van der Waals surface area (Å²) in [5.41, 5.74) is -6.05. The first-order valence-electron chi connectivity index (χ1n) is 8.22. The van der Waals surface area contributed by atoms with Crippen LogP contribution < -0.4 is 10.0 Å². The van der Waals surface area contributed by atoms with Crippen molar-refractivity contribution in [2.45, 2.75) is 29.9 Å². The number of alkyl halides is 3. The molecule has 0 aliphatic carbocycles. The Morgan fingerprint density at radius 3 is 1.81 bits per heavy atom. The van der Waals surface area contributed by atoms with Crippen LogP contribution in [-0.2, 0) is 15.6 Å². The van der Waals surface area contributed by atoms with E-state index in [0.29, 0.717) is 24.1 Å². The Kier molecular flexibility index (Phi) is 5.09. The Bertz CT molecular complexity index is 794. The van der Waals surface area contributed by atoms with Gasteiger partial charge >= 0.3 is 15.5 Å². The molecule has 1 aliphatic rings. The second-order valence-corrected chi connectivity index (χ2v) is 7.91. The van der Waals surface area contributed by atoms with Gasteiger partial charge in [0.15, 0.2) is 0 Å². The zero-order valence-corrected chi connectivity index (χ0v) is 14.6. The molecule has 0 amide bonds. The molecule has 1 heterocycles. The molecule has 0 aromatic heterocycles. The van der Waals surface area contributed by atoms with Crippen molar-refractivity contribution in [3.8, 4) is 0 Å². The third-order valence-corrected chi connectivity index (χ3v) is 5.84. The second kappa shape index (κ2) is 7.02. The molecule has 0 bridgehead atoms. The number of hydrogen-bond acceptors (Lipinski definition) is 3. The van der Waals surface area contributed by atoms with Gasteiger partial charge < -0.3 is 5.32 Å². The van der Waals surface area contributed by atoms with E-state index in [1.807, 2.05) is 4.72 Å². The molecule has 26 heavy (non-hydrogen) atoms. The minimum absolute atomic E-state index is 0.457. The average molecular weight is 384 g/mol. The van der Waals surface area contributed by atoms with Gasteiger partial charge in [-0.3, -0.25) is 0 Å². The van der Waals surface area contributed by atoms with Gasteiger partial charge in [0.05, 0.1) is 5.54 Å². The zero-order chi connectivity index (χ0) is 18.8. The second-order valence-electron chi connectivity index (χ2n) is 6.24. The highest BCUT2D eigenvalue weighted by atomic mass is 32.2. The van der Waals surface area contributed by atoms with Crippen LogP contribution in [0.2, 0.25) is 0 Å². The van der Waals surface area contributed by atoms with Crippen LogP contribution in [0.15, 0.2) is 60.7 Å². The number of benzene rings is 2. The normalized spacial score (nSPS) is 18.8. The minimum atomic E-state index is -5.58. The van der Waals surface area contributed by atoms with Crippen molar-refractivity contribution in [2.75, 3.05) is 6.54 Å². The SMILES string of the molecule is O=S(=O)(NC(c1ccccc1)(c1ccccc1)[C@@H]1CCCN1)C(F)(F)F. The van der Waals surface area contributed by atoms with Crippen LogP contribution in [-0.4, -0.2) is 26.5 Å². The maximum atomic E-state index is 13.2. The molecule has 8 heteroatoms. The summed E-state index contributed by atoms with van der Waals surface area (Å²) in [5.74, 6) is 0. The quantitative estimate of drug-likeness (QED) is 0.833. The van der Waals surface area contributed by atoms with Crippen LogP contribution in [0.1, 0.15) is 24.0 Å². The van der Waals surface area contributed by atoms with Gasteiger partial charge in [-0.15, -0.1) is 0 Å². The highest BCUT2D eigenvalue weighted by Gasteiger charge is 2.54. The van der Waals surface area contributed by atoms with Crippen molar-refractivity contribution in [2.24, 2.45) is 0 Å². The topological polar surface area (TPSA) is 58.2 Å². The Hall–Kier alpha value is -1.90. The molecule has 4 nitrogen and oxygen atoms in total.